The van der Waals surface area contributed by atoms with Gasteiger partial charge in [0.05, 0.1) is 0 Å². The van der Waals surface area contributed by atoms with Crippen molar-refractivity contribution in [2.24, 2.45) is 0 Å². The van der Waals surface area contributed by atoms with Gasteiger partial charge in [0.1, 0.15) is 0 Å². The molecular formula is C15H11ClOS. The van der Waals surface area contributed by atoms with Gasteiger partial charge in [-0.3, -0.25) is 4.79 Å². The molecule has 0 aliphatic carbocycles. The lowest BCUT2D eigenvalue weighted by atomic mass is 10.1. The molecule has 0 fully saturated rings. The second-order valence-corrected chi connectivity index (χ2v) is 5.02. The van der Waals surface area contributed by atoms with Crippen LogP contribution in [0.15, 0.2) is 71.0 Å². The fraction of sp³-hybridized carbons (Fsp3) is 0. The maximum atomic E-state index is 11.8. The topological polar surface area (TPSA) is 17.1 Å². The van der Waals surface area contributed by atoms with E-state index in [4.69, 9.17) is 11.6 Å². The predicted molar refractivity (Wildman–Crippen MR) is 77.2 cm³/mol. The van der Waals surface area contributed by atoms with E-state index < -0.39 is 0 Å². The standard InChI is InChI=1S/C15H11ClOS/c16-13-6-8-14(9-7-13)18-11-10-15(17)12-4-2-1-3-5-12/h1-11H/b11-10+. The summed E-state index contributed by atoms with van der Waals surface area (Å²) in [6.45, 7) is 0. The van der Waals surface area contributed by atoms with Crippen LogP contribution in [0.5, 0.6) is 0 Å². The number of benzene rings is 2. The van der Waals surface area contributed by atoms with Crippen molar-refractivity contribution < 1.29 is 4.79 Å². The summed E-state index contributed by atoms with van der Waals surface area (Å²) in [5, 5.41) is 2.50. The summed E-state index contributed by atoms with van der Waals surface area (Å²) in [6.07, 6.45) is 1.58. The molecule has 0 radical (unpaired) electrons. The molecule has 0 aromatic heterocycles. The Bertz CT molecular complexity index is 546. The average Bonchev–Trinajstić information content (AvgIpc) is 2.42. The summed E-state index contributed by atoms with van der Waals surface area (Å²) in [5.41, 5.74) is 0.699. The molecule has 0 heterocycles. The molecule has 90 valence electrons. The second-order valence-electron chi connectivity index (χ2n) is 3.60. The summed E-state index contributed by atoms with van der Waals surface area (Å²) in [4.78, 5) is 12.8. The van der Waals surface area contributed by atoms with E-state index in [1.807, 2.05) is 42.5 Å². The number of rotatable bonds is 4. The smallest absolute Gasteiger partial charge is 0.186 e. The second kappa shape index (κ2) is 6.43. The molecule has 2 rings (SSSR count). The third-order valence-electron chi connectivity index (χ3n) is 2.30. The minimum atomic E-state index is 0.0112. The summed E-state index contributed by atoms with van der Waals surface area (Å²) < 4.78 is 0. The first-order chi connectivity index (χ1) is 8.75. The van der Waals surface area contributed by atoms with Crippen molar-refractivity contribution in [2.45, 2.75) is 4.90 Å². The largest absolute Gasteiger partial charge is 0.289 e. The lowest BCUT2D eigenvalue weighted by molar-refractivity contribution is 0.104. The molecule has 2 aromatic carbocycles. The van der Waals surface area contributed by atoms with Crippen LogP contribution in [0.2, 0.25) is 5.02 Å². The molecule has 0 aliphatic heterocycles. The lowest BCUT2D eigenvalue weighted by Crippen LogP contribution is -1.92. The van der Waals surface area contributed by atoms with Gasteiger partial charge in [-0.1, -0.05) is 53.7 Å². The highest BCUT2D eigenvalue weighted by Gasteiger charge is 1.99. The highest BCUT2D eigenvalue weighted by atomic mass is 35.5. The van der Waals surface area contributed by atoms with E-state index in [-0.39, 0.29) is 5.78 Å². The number of halogens is 1. The van der Waals surface area contributed by atoms with E-state index in [0.717, 1.165) is 4.90 Å². The Kier molecular flexibility index (Phi) is 4.62. The van der Waals surface area contributed by atoms with Gasteiger partial charge in [0.2, 0.25) is 0 Å². The van der Waals surface area contributed by atoms with Gasteiger partial charge in [-0.25, -0.2) is 0 Å². The molecule has 0 N–H and O–H groups in total. The molecule has 0 bridgehead atoms. The lowest BCUT2D eigenvalue weighted by Gasteiger charge is -1.96. The third kappa shape index (κ3) is 3.76. The number of allylic oxidation sites excluding steroid dienone is 1. The molecule has 0 unspecified atom stereocenters. The van der Waals surface area contributed by atoms with Gasteiger partial charge in [-0.05, 0) is 35.7 Å². The normalized spacial score (nSPS) is 10.7. The number of carbonyl (C=O) groups excluding carboxylic acids is 1. The van der Waals surface area contributed by atoms with Crippen LogP contribution in [-0.4, -0.2) is 5.78 Å². The zero-order valence-corrected chi connectivity index (χ0v) is 11.1. The van der Waals surface area contributed by atoms with Crippen LogP contribution in [0.3, 0.4) is 0 Å². The summed E-state index contributed by atoms with van der Waals surface area (Å²) in [7, 11) is 0. The molecule has 0 saturated heterocycles. The number of ketones is 1. The monoisotopic (exact) mass is 274 g/mol. The first-order valence-corrected chi connectivity index (χ1v) is 6.69. The van der Waals surface area contributed by atoms with Gasteiger partial charge in [0, 0.05) is 15.5 Å². The fourth-order valence-electron chi connectivity index (χ4n) is 1.39. The maximum absolute atomic E-state index is 11.8. The molecule has 3 heteroatoms. The average molecular weight is 275 g/mol. The molecule has 0 spiro atoms. The van der Waals surface area contributed by atoms with Gasteiger partial charge in [-0.15, -0.1) is 0 Å². The third-order valence-corrected chi connectivity index (χ3v) is 3.36. The molecule has 0 aliphatic rings. The van der Waals surface area contributed by atoms with Crippen molar-refractivity contribution in [3.63, 3.8) is 0 Å². The van der Waals surface area contributed by atoms with Crippen LogP contribution in [0, 0.1) is 0 Å². The van der Waals surface area contributed by atoms with E-state index in [0.29, 0.717) is 10.6 Å². The van der Waals surface area contributed by atoms with Gasteiger partial charge < -0.3 is 0 Å². The summed E-state index contributed by atoms with van der Waals surface area (Å²) >= 11 is 7.29. The molecule has 0 amide bonds. The molecule has 0 atom stereocenters. The van der Waals surface area contributed by atoms with Gasteiger partial charge in [-0.2, -0.15) is 0 Å². The summed E-state index contributed by atoms with van der Waals surface area (Å²) in [5.74, 6) is 0.0112. The minimum absolute atomic E-state index is 0.0112. The van der Waals surface area contributed by atoms with Gasteiger partial charge in [0.15, 0.2) is 5.78 Å². The molecule has 1 nitrogen and oxygen atoms in total. The van der Waals surface area contributed by atoms with E-state index in [9.17, 15) is 4.79 Å². The molecular weight excluding hydrogens is 264 g/mol. The van der Waals surface area contributed by atoms with E-state index >= 15 is 0 Å². The first kappa shape index (κ1) is 12.9. The molecule has 2 aromatic rings. The number of hydrogen-bond acceptors (Lipinski definition) is 2. The maximum Gasteiger partial charge on any atom is 0.186 e. The number of carbonyl (C=O) groups is 1. The van der Waals surface area contributed by atoms with Crippen LogP contribution in [0.1, 0.15) is 10.4 Å². The van der Waals surface area contributed by atoms with Crippen LogP contribution in [0.25, 0.3) is 0 Å². The van der Waals surface area contributed by atoms with Crippen LogP contribution in [0.4, 0.5) is 0 Å². The minimum Gasteiger partial charge on any atom is -0.289 e. The fourth-order valence-corrected chi connectivity index (χ4v) is 2.15. The van der Waals surface area contributed by atoms with Crippen LogP contribution in [-0.2, 0) is 0 Å². The van der Waals surface area contributed by atoms with Crippen molar-refractivity contribution in [2.75, 3.05) is 0 Å². The Labute approximate surface area is 115 Å². The quantitative estimate of drug-likeness (QED) is 0.451. The Morgan fingerprint density at radius 1 is 1.00 bits per heavy atom. The highest BCUT2D eigenvalue weighted by Crippen LogP contribution is 2.21. The predicted octanol–water partition coefficient (Wildman–Crippen LogP) is 4.83. The Morgan fingerprint density at radius 3 is 2.33 bits per heavy atom. The highest BCUT2D eigenvalue weighted by molar-refractivity contribution is 8.02. The number of hydrogen-bond donors (Lipinski definition) is 0. The molecule has 18 heavy (non-hydrogen) atoms. The van der Waals surface area contributed by atoms with Crippen LogP contribution < -0.4 is 0 Å². The van der Waals surface area contributed by atoms with Crippen molar-refractivity contribution in [3.05, 3.63) is 76.7 Å². The van der Waals surface area contributed by atoms with Crippen LogP contribution >= 0.6 is 23.4 Å². The number of thioether (sulfide) groups is 1. The van der Waals surface area contributed by atoms with E-state index in [1.165, 1.54) is 11.8 Å². The zero-order valence-electron chi connectivity index (χ0n) is 9.55. The zero-order chi connectivity index (χ0) is 12.8. The van der Waals surface area contributed by atoms with Gasteiger partial charge in [0.25, 0.3) is 0 Å². The van der Waals surface area contributed by atoms with Crippen molar-refractivity contribution in [1.82, 2.24) is 0 Å². The van der Waals surface area contributed by atoms with E-state index in [1.54, 1.807) is 23.6 Å². The Hall–Kier alpha value is -1.51. The Morgan fingerprint density at radius 2 is 1.67 bits per heavy atom. The van der Waals surface area contributed by atoms with Crippen molar-refractivity contribution >= 4 is 29.1 Å². The van der Waals surface area contributed by atoms with E-state index in [2.05, 4.69) is 0 Å². The van der Waals surface area contributed by atoms with Crippen molar-refractivity contribution in [1.29, 1.82) is 0 Å². The summed E-state index contributed by atoms with van der Waals surface area (Å²) in [6, 6.07) is 16.7. The SMILES string of the molecule is O=C(/C=C/Sc1ccc(Cl)cc1)c1ccccc1. The first-order valence-electron chi connectivity index (χ1n) is 5.44. The Balaban J connectivity index is 1.96. The van der Waals surface area contributed by atoms with Gasteiger partial charge >= 0.3 is 0 Å². The molecule has 0 saturated carbocycles. The van der Waals surface area contributed by atoms with Crippen molar-refractivity contribution in [3.8, 4) is 0 Å².